The summed E-state index contributed by atoms with van der Waals surface area (Å²) in [6.45, 7) is 1.81. The van der Waals surface area contributed by atoms with Crippen LogP contribution in [0.25, 0.3) is 0 Å². The lowest BCUT2D eigenvalue weighted by Crippen LogP contribution is -2.29. The number of hydrogen-bond donors (Lipinski definition) is 2. The number of nitrogens with zero attached hydrogens (tertiary/aromatic N) is 5. The van der Waals surface area contributed by atoms with Crippen molar-refractivity contribution in [2.24, 2.45) is 0 Å². The van der Waals surface area contributed by atoms with E-state index in [4.69, 9.17) is 16.3 Å². The third-order valence-corrected chi connectivity index (χ3v) is 7.65. The molecule has 0 saturated carbocycles. The van der Waals surface area contributed by atoms with Crippen molar-refractivity contribution in [2.45, 2.75) is 12.8 Å². The van der Waals surface area contributed by atoms with E-state index < -0.39 is 11.0 Å². The Morgan fingerprint density at radius 2 is 1.81 bits per heavy atom. The summed E-state index contributed by atoms with van der Waals surface area (Å²) >= 11 is 6.47. The molecule has 2 N–H and O–H groups in total. The van der Waals surface area contributed by atoms with Gasteiger partial charge in [0.25, 0.3) is 0 Å². The molecule has 0 amide bonds. The zero-order valence-corrected chi connectivity index (χ0v) is 23.7. The average molecular weight is 544 g/mol. The molecule has 1 atom stereocenters. The van der Waals surface area contributed by atoms with E-state index in [2.05, 4.69) is 75.8 Å². The van der Waals surface area contributed by atoms with Gasteiger partial charge in [0.05, 0.1) is 30.4 Å². The molecule has 198 valence electrons. The van der Waals surface area contributed by atoms with Crippen molar-refractivity contribution in [1.82, 2.24) is 14.9 Å². The lowest BCUT2D eigenvalue weighted by molar-refractivity contribution is 0.413. The molecule has 1 aliphatic heterocycles. The van der Waals surface area contributed by atoms with Crippen LogP contribution in [0.5, 0.6) is 5.75 Å². The Bertz CT molecular complexity index is 1300. The summed E-state index contributed by atoms with van der Waals surface area (Å²) in [6.07, 6.45) is 4.83. The van der Waals surface area contributed by atoms with E-state index in [1.54, 1.807) is 30.9 Å². The molecule has 4 rings (SSSR count). The Morgan fingerprint density at radius 3 is 2.51 bits per heavy atom. The van der Waals surface area contributed by atoms with Crippen LogP contribution in [-0.2, 0) is 23.8 Å². The lowest BCUT2D eigenvalue weighted by Gasteiger charge is -2.26. The van der Waals surface area contributed by atoms with Gasteiger partial charge in [-0.3, -0.25) is 4.31 Å². The Kier molecular flexibility index (Phi) is 8.41. The molecular weight excluding hydrogens is 510 g/mol. The van der Waals surface area contributed by atoms with Crippen molar-refractivity contribution in [3.63, 3.8) is 0 Å². The monoisotopic (exact) mass is 543 g/mol. The number of nitrogens with one attached hydrogen (secondary N) is 2. The molecule has 0 saturated heterocycles. The summed E-state index contributed by atoms with van der Waals surface area (Å²) in [4.78, 5) is 13.5. The zero-order chi connectivity index (χ0) is 26.7. The highest BCUT2D eigenvalue weighted by molar-refractivity contribution is 7.85. The fourth-order valence-electron chi connectivity index (χ4n) is 4.20. The minimum absolute atomic E-state index is 0.377. The molecule has 1 aliphatic rings. The predicted molar refractivity (Wildman–Crippen MR) is 155 cm³/mol. The molecule has 0 spiro atoms. The number of hydrogen-bond acceptors (Lipinski definition) is 8. The number of aryl methyl sites for hydroxylation is 2. The van der Waals surface area contributed by atoms with Gasteiger partial charge in [0.1, 0.15) is 21.8 Å². The maximum Gasteiger partial charge on any atom is 0.229 e. The molecule has 3 aromatic rings. The van der Waals surface area contributed by atoms with Gasteiger partial charge < -0.3 is 25.2 Å². The maximum absolute atomic E-state index is 12.3. The highest BCUT2D eigenvalue weighted by Crippen LogP contribution is 2.38. The first-order chi connectivity index (χ1) is 17.7. The first-order valence-corrected chi connectivity index (χ1v) is 13.9. The van der Waals surface area contributed by atoms with Crippen LogP contribution < -0.4 is 24.6 Å². The predicted octanol–water partition coefficient (Wildman–Crippen LogP) is 4.45. The van der Waals surface area contributed by atoms with Gasteiger partial charge in [-0.1, -0.05) is 17.7 Å². The number of halogens is 1. The molecule has 37 heavy (non-hydrogen) atoms. The maximum atomic E-state index is 12.3. The molecule has 6 bridgehead atoms. The Labute approximate surface area is 226 Å². The van der Waals surface area contributed by atoms with Gasteiger partial charge in [0.2, 0.25) is 5.95 Å². The van der Waals surface area contributed by atoms with E-state index in [1.807, 2.05) is 6.07 Å². The highest BCUT2D eigenvalue weighted by atomic mass is 35.5. The molecular formula is C26H34ClN7O2S. The lowest BCUT2D eigenvalue weighted by atomic mass is 10.00. The largest absolute Gasteiger partial charge is 0.494 e. The van der Waals surface area contributed by atoms with E-state index in [0.29, 0.717) is 22.5 Å². The Balaban J connectivity index is 1.84. The highest BCUT2D eigenvalue weighted by Gasteiger charge is 2.19. The standard InChI is InChI=1S/C26H34ClN7O2S/c1-32(2)11-12-33(3)23-15-24(36-5)21-14-18(23)9-7-17-8-10-22(34(4)37(6)35)20(13-17)29-25-19(27)16-28-26(30-21)31-25/h8,10,13-16H,7,9,11-12H2,1-6H3,(H2,28,29,30,31). The normalized spacial score (nSPS) is 13.4. The third-order valence-electron chi connectivity index (χ3n) is 6.41. The van der Waals surface area contributed by atoms with Gasteiger partial charge in [-0.2, -0.15) is 4.98 Å². The second kappa shape index (κ2) is 11.5. The van der Waals surface area contributed by atoms with Crippen molar-refractivity contribution >= 4 is 57.1 Å². The number of ether oxygens (including phenoxy) is 1. The summed E-state index contributed by atoms with van der Waals surface area (Å²) < 4.78 is 19.7. The summed E-state index contributed by atoms with van der Waals surface area (Å²) in [5.41, 5.74) is 5.78. The van der Waals surface area contributed by atoms with Crippen LogP contribution in [-0.4, -0.2) is 73.7 Å². The first-order valence-electron chi connectivity index (χ1n) is 12.0. The summed E-state index contributed by atoms with van der Waals surface area (Å²) in [5.74, 6) is 1.54. The molecule has 11 heteroatoms. The number of rotatable bonds is 7. The number of benzene rings is 2. The summed E-state index contributed by atoms with van der Waals surface area (Å²) in [5, 5.41) is 7.04. The van der Waals surface area contributed by atoms with Gasteiger partial charge in [0, 0.05) is 45.2 Å². The smallest absolute Gasteiger partial charge is 0.229 e. The van der Waals surface area contributed by atoms with Gasteiger partial charge in [0.15, 0.2) is 5.82 Å². The fourth-order valence-corrected chi connectivity index (χ4v) is 4.77. The minimum Gasteiger partial charge on any atom is -0.494 e. The molecule has 9 nitrogen and oxygen atoms in total. The van der Waals surface area contributed by atoms with E-state index in [-0.39, 0.29) is 0 Å². The van der Waals surface area contributed by atoms with Crippen LogP contribution in [0.3, 0.4) is 0 Å². The van der Waals surface area contributed by atoms with Crippen LogP contribution in [0.1, 0.15) is 11.1 Å². The second-order valence-electron chi connectivity index (χ2n) is 9.32. The van der Waals surface area contributed by atoms with Crippen molar-refractivity contribution in [2.75, 3.05) is 74.5 Å². The van der Waals surface area contributed by atoms with Crippen molar-refractivity contribution in [3.05, 3.63) is 52.7 Å². The number of methoxy groups -OCH3 is 1. The fraction of sp³-hybridized carbons (Fsp3) is 0.385. The number of likely N-dealkylation sites (N-methyl/N-ethyl adjacent to an activating group) is 2. The van der Waals surface area contributed by atoms with E-state index in [1.165, 1.54) is 5.56 Å². The van der Waals surface area contributed by atoms with E-state index in [0.717, 1.165) is 54.2 Å². The number of anilines is 6. The number of fused-ring (bicyclic) bond motifs is 6. The minimum atomic E-state index is -1.20. The van der Waals surface area contributed by atoms with Gasteiger partial charge in [-0.05, 0) is 56.3 Å². The topological polar surface area (TPSA) is 85.9 Å². The summed E-state index contributed by atoms with van der Waals surface area (Å²) in [7, 11) is 8.52. The van der Waals surface area contributed by atoms with Crippen LogP contribution in [0, 0.1) is 0 Å². The SMILES string of the molecule is COc1cc(N(C)CCN(C)C)c2cc1Nc1ncc(Cl)c(n1)Nc1cc(ccc1N(C)S(C)=O)CC2. The van der Waals surface area contributed by atoms with Crippen LogP contribution >= 0.6 is 11.6 Å². The Morgan fingerprint density at radius 1 is 1.03 bits per heavy atom. The number of aromatic nitrogens is 2. The molecule has 1 unspecified atom stereocenters. The van der Waals surface area contributed by atoms with E-state index in [9.17, 15) is 4.21 Å². The van der Waals surface area contributed by atoms with Crippen molar-refractivity contribution < 1.29 is 8.95 Å². The molecule has 0 radical (unpaired) electrons. The Hall–Kier alpha value is -3.08. The summed E-state index contributed by atoms with van der Waals surface area (Å²) in [6, 6.07) is 10.3. The van der Waals surface area contributed by atoms with Gasteiger partial charge >= 0.3 is 0 Å². The molecule has 1 aromatic heterocycles. The molecule has 0 aliphatic carbocycles. The van der Waals surface area contributed by atoms with Crippen LogP contribution in [0.4, 0.5) is 34.5 Å². The molecule has 0 fully saturated rings. The van der Waals surface area contributed by atoms with Gasteiger partial charge in [-0.15, -0.1) is 0 Å². The van der Waals surface area contributed by atoms with Crippen LogP contribution in [0.15, 0.2) is 36.5 Å². The van der Waals surface area contributed by atoms with E-state index >= 15 is 0 Å². The zero-order valence-electron chi connectivity index (χ0n) is 22.1. The van der Waals surface area contributed by atoms with Crippen molar-refractivity contribution in [3.8, 4) is 5.75 Å². The second-order valence-corrected chi connectivity index (χ2v) is 11.1. The third kappa shape index (κ3) is 6.26. The van der Waals surface area contributed by atoms with Crippen molar-refractivity contribution in [1.29, 1.82) is 0 Å². The van der Waals surface area contributed by atoms with Crippen LogP contribution in [0.2, 0.25) is 5.02 Å². The first kappa shape index (κ1) is 27.0. The molecule has 2 heterocycles. The molecule has 2 aromatic carbocycles. The van der Waals surface area contributed by atoms with Gasteiger partial charge in [-0.25, -0.2) is 9.19 Å². The quantitative estimate of drug-likeness (QED) is 0.452. The average Bonchev–Trinajstić information content (AvgIpc) is 2.87.